The number of nitrogens with zero attached hydrogens (tertiary/aromatic N) is 2. The molecule has 0 amide bonds. The summed E-state index contributed by atoms with van der Waals surface area (Å²) in [7, 11) is 1.87. The molecule has 1 fully saturated rings. The average Bonchev–Trinajstić information content (AvgIpc) is 2.77. The minimum Gasteiger partial charge on any atom is -0.381 e. The van der Waals surface area contributed by atoms with Crippen LogP contribution in [0, 0.1) is 5.92 Å². The largest absolute Gasteiger partial charge is 0.381 e. The third-order valence-electron chi connectivity index (χ3n) is 3.52. The van der Waals surface area contributed by atoms with E-state index >= 15 is 0 Å². The molecule has 18 heavy (non-hydrogen) atoms. The fraction of sp³-hybridized carbons (Fsp3) is 0.429. The molecular weight excluding hydrogens is 228 g/mol. The number of benzene rings is 1. The van der Waals surface area contributed by atoms with Crippen LogP contribution in [0.3, 0.4) is 0 Å². The number of rotatable bonds is 2. The van der Waals surface area contributed by atoms with Gasteiger partial charge in [0.2, 0.25) is 0 Å². The van der Waals surface area contributed by atoms with E-state index in [1.165, 1.54) is 0 Å². The number of carbonyl (C=O) groups excluding carboxylic acids is 1. The zero-order chi connectivity index (χ0) is 12.5. The molecule has 1 aromatic heterocycles. The van der Waals surface area contributed by atoms with Crippen LogP contribution < -0.4 is 0 Å². The van der Waals surface area contributed by atoms with Crippen molar-refractivity contribution in [1.29, 1.82) is 0 Å². The van der Waals surface area contributed by atoms with Crippen LogP contribution in [-0.4, -0.2) is 28.8 Å². The second-order valence-electron chi connectivity index (χ2n) is 4.77. The summed E-state index contributed by atoms with van der Waals surface area (Å²) < 4.78 is 7.16. The highest BCUT2D eigenvalue weighted by Crippen LogP contribution is 2.23. The number of aromatic nitrogens is 2. The van der Waals surface area contributed by atoms with Crippen LogP contribution in [0.25, 0.3) is 10.9 Å². The number of Topliss-reactive ketones (excluding diaryl/α,β-unsaturated/α-hetero) is 1. The quantitative estimate of drug-likeness (QED) is 0.760. The van der Waals surface area contributed by atoms with Crippen LogP contribution in [0.5, 0.6) is 0 Å². The van der Waals surface area contributed by atoms with Crippen molar-refractivity contribution in [3.05, 3.63) is 30.0 Å². The molecule has 1 aliphatic heterocycles. The van der Waals surface area contributed by atoms with Gasteiger partial charge >= 0.3 is 0 Å². The Morgan fingerprint density at radius 3 is 3.06 bits per heavy atom. The zero-order valence-electron chi connectivity index (χ0n) is 10.4. The Kier molecular flexibility index (Phi) is 2.88. The van der Waals surface area contributed by atoms with Gasteiger partial charge in [-0.05, 0) is 18.9 Å². The average molecular weight is 244 g/mol. The molecule has 1 unspecified atom stereocenters. The number of aryl methyl sites for hydroxylation is 1. The fourth-order valence-corrected chi connectivity index (χ4v) is 2.54. The Bertz CT molecular complexity index is 582. The van der Waals surface area contributed by atoms with Gasteiger partial charge in [0.15, 0.2) is 5.78 Å². The van der Waals surface area contributed by atoms with Crippen molar-refractivity contribution in [2.75, 3.05) is 13.2 Å². The maximum Gasteiger partial charge on any atom is 0.189 e. The van der Waals surface area contributed by atoms with E-state index in [9.17, 15) is 4.79 Å². The normalized spacial score (nSPS) is 20.2. The van der Waals surface area contributed by atoms with Gasteiger partial charge in [-0.2, -0.15) is 5.10 Å². The number of hydrogen-bond acceptors (Lipinski definition) is 3. The summed E-state index contributed by atoms with van der Waals surface area (Å²) in [5.74, 6) is 0.0866. The number of carbonyl (C=O) groups is 1. The third kappa shape index (κ3) is 1.82. The first kappa shape index (κ1) is 11.4. The first-order valence-electron chi connectivity index (χ1n) is 6.31. The van der Waals surface area contributed by atoms with E-state index in [1.54, 1.807) is 4.68 Å². The highest BCUT2D eigenvalue weighted by atomic mass is 16.5. The van der Waals surface area contributed by atoms with Crippen molar-refractivity contribution in [2.45, 2.75) is 12.8 Å². The summed E-state index contributed by atoms with van der Waals surface area (Å²) >= 11 is 0. The van der Waals surface area contributed by atoms with E-state index < -0.39 is 0 Å². The molecule has 1 aromatic carbocycles. The van der Waals surface area contributed by atoms with E-state index in [-0.39, 0.29) is 11.7 Å². The monoisotopic (exact) mass is 244 g/mol. The van der Waals surface area contributed by atoms with Gasteiger partial charge < -0.3 is 4.74 Å². The van der Waals surface area contributed by atoms with Gasteiger partial charge in [0.1, 0.15) is 5.69 Å². The lowest BCUT2D eigenvalue weighted by Crippen LogP contribution is -2.25. The summed E-state index contributed by atoms with van der Waals surface area (Å²) in [6.07, 6.45) is 1.87. The minimum atomic E-state index is -0.0305. The van der Waals surface area contributed by atoms with Gasteiger partial charge in [0, 0.05) is 25.0 Å². The molecule has 4 heteroatoms. The molecule has 2 heterocycles. The van der Waals surface area contributed by atoms with Crippen LogP contribution in [0.15, 0.2) is 24.3 Å². The lowest BCUT2D eigenvalue weighted by molar-refractivity contribution is 0.0458. The Morgan fingerprint density at radius 2 is 2.28 bits per heavy atom. The lowest BCUT2D eigenvalue weighted by Gasteiger charge is -2.19. The predicted octanol–water partition coefficient (Wildman–Crippen LogP) is 2.18. The highest BCUT2D eigenvalue weighted by molar-refractivity contribution is 6.07. The van der Waals surface area contributed by atoms with Gasteiger partial charge in [-0.1, -0.05) is 18.2 Å². The number of para-hydroxylation sites is 1. The minimum absolute atomic E-state index is 0.0305. The van der Waals surface area contributed by atoms with Gasteiger partial charge in [-0.3, -0.25) is 9.48 Å². The SMILES string of the molecule is Cn1nc(C(=O)C2CCCOC2)c2ccccc21. The molecule has 0 spiro atoms. The summed E-state index contributed by atoms with van der Waals surface area (Å²) in [5.41, 5.74) is 1.58. The molecule has 1 saturated heterocycles. The smallest absolute Gasteiger partial charge is 0.189 e. The maximum absolute atomic E-state index is 12.5. The van der Waals surface area contributed by atoms with Gasteiger partial charge in [0.05, 0.1) is 12.1 Å². The molecule has 94 valence electrons. The van der Waals surface area contributed by atoms with Gasteiger partial charge in [-0.15, -0.1) is 0 Å². The van der Waals surface area contributed by atoms with Crippen molar-refractivity contribution in [3.63, 3.8) is 0 Å². The van der Waals surface area contributed by atoms with E-state index in [1.807, 2.05) is 31.3 Å². The Balaban J connectivity index is 2.00. The van der Waals surface area contributed by atoms with Crippen molar-refractivity contribution < 1.29 is 9.53 Å². The molecule has 0 saturated carbocycles. The molecule has 3 rings (SSSR count). The molecule has 0 N–H and O–H groups in total. The molecular formula is C14H16N2O2. The fourth-order valence-electron chi connectivity index (χ4n) is 2.54. The Morgan fingerprint density at radius 1 is 1.44 bits per heavy atom. The molecule has 2 aromatic rings. The summed E-state index contributed by atoms with van der Waals surface area (Å²) in [5, 5.41) is 5.32. The van der Waals surface area contributed by atoms with Crippen molar-refractivity contribution in [1.82, 2.24) is 9.78 Å². The van der Waals surface area contributed by atoms with E-state index in [0.29, 0.717) is 12.3 Å². The Hall–Kier alpha value is -1.68. The van der Waals surface area contributed by atoms with Crippen LogP contribution in [0.1, 0.15) is 23.3 Å². The first-order valence-corrected chi connectivity index (χ1v) is 6.31. The van der Waals surface area contributed by atoms with Crippen LogP contribution in [-0.2, 0) is 11.8 Å². The molecule has 1 atom stereocenters. The molecule has 1 aliphatic rings. The van der Waals surface area contributed by atoms with Crippen molar-refractivity contribution in [2.24, 2.45) is 13.0 Å². The summed E-state index contributed by atoms with van der Waals surface area (Å²) in [6, 6.07) is 7.84. The van der Waals surface area contributed by atoms with Gasteiger partial charge in [0.25, 0.3) is 0 Å². The van der Waals surface area contributed by atoms with E-state index in [4.69, 9.17) is 4.74 Å². The number of ketones is 1. The summed E-state index contributed by atoms with van der Waals surface area (Å²) in [6.45, 7) is 1.30. The second kappa shape index (κ2) is 4.53. The standard InChI is InChI=1S/C14H16N2O2/c1-16-12-7-3-2-6-11(12)13(15-16)14(17)10-5-4-8-18-9-10/h2-3,6-7,10H,4-5,8-9H2,1H3. The number of ether oxygens (including phenoxy) is 1. The third-order valence-corrected chi connectivity index (χ3v) is 3.52. The maximum atomic E-state index is 12.5. The van der Waals surface area contributed by atoms with E-state index in [0.717, 1.165) is 30.4 Å². The van der Waals surface area contributed by atoms with Crippen molar-refractivity contribution >= 4 is 16.7 Å². The Labute approximate surface area is 106 Å². The number of fused-ring (bicyclic) bond motifs is 1. The van der Waals surface area contributed by atoms with E-state index in [2.05, 4.69) is 5.10 Å². The molecule has 0 radical (unpaired) electrons. The van der Waals surface area contributed by atoms with Crippen LogP contribution in [0.2, 0.25) is 0 Å². The molecule has 0 bridgehead atoms. The van der Waals surface area contributed by atoms with Crippen LogP contribution >= 0.6 is 0 Å². The number of hydrogen-bond donors (Lipinski definition) is 0. The van der Waals surface area contributed by atoms with Crippen molar-refractivity contribution in [3.8, 4) is 0 Å². The van der Waals surface area contributed by atoms with Crippen LogP contribution in [0.4, 0.5) is 0 Å². The first-order chi connectivity index (χ1) is 8.77. The second-order valence-corrected chi connectivity index (χ2v) is 4.77. The predicted molar refractivity (Wildman–Crippen MR) is 68.6 cm³/mol. The summed E-state index contributed by atoms with van der Waals surface area (Å²) in [4.78, 5) is 12.5. The zero-order valence-corrected chi connectivity index (χ0v) is 10.4. The molecule has 0 aliphatic carbocycles. The molecule has 4 nitrogen and oxygen atoms in total. The van der Waals surface area contributed by atoms with Gasteiger partial charge in [-0.25, -0.2) is 0 Å². The topological polar surface area (TPSA) is 44.1 Å². The lowest BCUT2D eigenvalue weighted by atomic mass is 9.94. The highest BCUT2D eigenvalue weighted by Gasteiger charge is 2.26.